The lowest BCUT2D eigenvalue weighted by atomic mass is 10.2. The number of carbonyl (C=O) groups is 2. The Hall–Kier alpha value is -1.86. The minimum absolute atomic E-state index is 0.0260. The summed E-state index contributed by atoms with van der Waals surface area (Å²) >= 11 is 0. The van der Waals surface area contributed by atoms with Crippen molar-refractivity contribution in [3.63, 3.8) is 0 Å². The molecule has 1 amide bonds. The minimum atomic E-state index is -1.04. The van der Waals surface area contributed by atoms with Crippen LogP contribution in [0.25, 0.3) is 0 Å². The molecule has 1 aliphatic rings. The van der Waals surface area contributed by atoms with Gasteiger partial charge in [-0.3, -0.25) is 4.79 Å². The van der Waals surface area contributed by atoms with Gasteiger partial charge in [0.15, 0.2) is 0 Å². The van der Waals surface area contributed by atoms with Crippen molar-refractivity contribution in [2.24, 2.45) is 0 Å². The molecule has 2 rings (SSSR count). The molecule has 0 saturated carbocycles. The van der Waals surface area contributed by atoms with Gasteiger partial charge in [0.25, 0.3) is 0 Å². The van der Waals surface area contributed by atoms with Gasteiger partial charge in [-0.25, -0.2) is 4.79 Å². The first kappa shape index (κ1) is 16.5. The topological polar surface area (TPSA) is 89.2 Å². The summed E-state index contributed by atoms with van der Waals surface area (Å²) in [6.45, 7) is 2.94. The molecule has 0 radical (unpaired) electrons. The van der Waals surface area contributed by atoms with E-state index in [4.69, 9.17) is 19.0 Å². The maximum Gasteiger partial charge on any atom is 0.339 e. The first-order valence-electron chi connectivity index (χ1n) is 7.23. The van der Waals surface area contributed by atoms with Gasteiger partial charge in [0.2, 0.25) is 5.91 Å². The number of likely N-dealkylation sites (N-methyl/N-ethyl adjacent to an activating group) is 1. The van der Waals surface area contributed by atoms with Gasteiger partial charge in [0.05, 0.1) is 19.3 Å². The average Bonchev–Trinajstić information content (AvgIpc) is 3.08. The van der Waals surface area contributed by atoms with Crippen LogP contribution in [0.15, 0.2) is 10.5 Å². The number of hydrogen-bond donors (Lipinski definition) is 1. The third-order valence-corrected chi connectivity index (χ3v) is 3.57. The maximum atomic E-state index is 11.9. The lowest BCUT2D eigenvalue weighted by Gasteiger charge is -2.16. The van der Waals surface area contributed by atoms with E-state index in [0.29, 0.717) is 18.1 Å². The van der Waals surface area contributed by atoms with E-state index in [2.05, 4.69) is 0 Å². The molecule has 22 heavy (non-hydrogen) atoms. The van der Waals surface area contributed by atoms with Gasteiger partial charge >= 0.3 is 5.97 Å². The fraction of sp³-hybridized carbons (Fsp3) is 0.600. The van der Waals surface area contributed by atoms with Gasteiger partial charge in [-0.05, 0) is 25.8 Å². The molecule has 1 aromatic heterocycles. The first-order valence-corrected chi connectivity index (χ1v) is 7.23. The van der Waals surface area contributed by atoms with Crippen molar-refractivity contribution >= 4 is 11.9 Å². The van der Waals surface area contributed by atoms with E-state index in [-0.39, 0.29) is 30.7 Å². The number of nitrogens with zero attached hydrogens (tertiary/aromatic N) is 1. The van der Waals surface area contributed by atoms with Gasteiger partial charge in [-0.15, -0.1) is 0 Å². The molecular weight excluding hydrogens is 290 g/mol. The SMILES string of the molecule is Cc1oc(CN(C)C(=O)COC[C@H]2CCCO2)cc1C(=O)O. The molecule has 1 fully saturated rings. The van der Waals surface area contributed by atoms with Crippen LogP contribution in [0.2, 0.25) is 0 Å². The Kier molecular flexibility index (Phi) is 5.57. The predicted molar refractivity (Wildman–Crippen MR) is 76.7 cm³/mol. The summed E-state index contributed by atoms with van der Waals surface area (Å²) in [5.74, 6) is -0.465. The Bertz CT molecular complexity index is 532. The summed E-state index contributed by atoms with van der Waals surface area (Å²) in [6.07, 6.45) is 2.09. The number of carboxylic acid groups (broad SMARTS) is 1. The van der Waals surface area contributed by atoms with Gasteiger partial charge in [0.1, 0.15) is 23.7 Å². The molecule has 2 heterocycles. The van der Waals surface area contributed by atoms with Gasteiger partial charge < -0.3 is 23.9 Å². The molecule has 1 aromatic rings. The molecule has 0 spiro atoms. The summed E-state index contributed by atoms with van der Waals surface area (Å²) in [6, 6.07) is 1.44. The zero-order valence-corrected chi connectivity index (χ0v) is 12.8. The molecule has 7 heteroatoms. The van der Waals surface area contributed by atoms with E-state index in [1.54, 1.807) is 14.0 Å². The molecule has 7 nitrogen and oxygen atoms in total. The van der Waals surface area contributed by atoms with Crippen molar-refractivity contribution in [2.75, 3.05) is 26.9 Å². The highest BCUT2D eigenvalue weighted by Gasteiger charge is 2.19. The van der Waals surface area contributed by atoms with Crippen LogP contribution in [0.1, 0.15) is 34.7 Å². The maximum absolute atomic E-state index is 11.9. The Morgan fingerprint density at radius 3 is 2.86 bits per heavy atom. The van der Waals surface area contributed by atoms with Crippen molar-refractivity contribution in [2.45, 2.75) is 32.4 Å². The smallest absolute Gasteiger partial charge is 0.339 e. The molecule has 1 N–H and O–H groups in total. The number of ether oxygens (including phenoxy) is 2. The lowest BCUT2D eigenvalue weighted by molar-refractivity contribution is -0.136. The number of aryl methyl sites for hydroxylation is 1. The number of carbonyl (C=O) groups excluding carboxylic acids is 1. The predicted octanol–water partition coefficient (Wildman–Crippen LogP) is 1.44. The molecule has 1 saturated heterocycles. The van der Waals surface area contributed by atoms with Gasteiger partial charge in [-0.1, -0.05) is 0 Å². The van der Waals surface area contributed by atoms with E-state index in [1.165, 1.54) is 11.0 Å². The van der Waals surface area contributed by atoms with Crippen LogP contribution < -0.4 is 0 Å². The van der Waals surface area contributed by atoms with Crippen LogP contribution in [0.3, 0.4) is 0 Å². The zero-order chi connectivity index (χ0) is 16.1. The van der Waals surface area contributed by atoms with Crippen LogP contribution in [0, 0.1) is 6.92 Å². The highest BCUT2D eigenvalue weighted by Crippen LogP contribution is 2.16. The second-order valence-electron chi connectivity index (χ2n) is 5.39. The number of furan rings is 1. The lowest BCUT2D eigenvalue weighted by Crippen LogP contribution is -2.31. The third kappa shape index (κ3) is 4.32. The Balaban J connectivity index is 1.78. The summed E-state index contributed by atoms with van der Waals surface area (Å²) in [5, 5.41) is 8.97. The fourth-order valence-electron chi connectivity index (χ4n) is 2.32. The van der Waals surface area contributed by atoms with Crippen LogP contribution in [0.5, 0.6) is 0 Å². The van der Waals surface area contributed by atoms with Gasteiger partial charge in [0, 0.05) is 13.7 Å². The highest BCUT2D eigenvalue weighted by molar-refractivity contribution is 5.88. The van der Waals surface area contributed by atoms with E-state index in [0.717, 1.165) is 19.4 Å². The van der Waals surface area contributed by atoms with Crippen molar-refractivity contribution < 1.29 is 28.6 Å². The molecule has 1 aliphatic heterocycles. The van der Waals surface area contributed by atoms with E-state index < -0.39 is 5.97 Å². The number of rotatable bonds is 7. The Labute approximate surface area is 128 Å². The third-order valence-electron chi connectivity index (χ3n) is 3.57. The summed E-state index contributed by atoms with van der Waals surface area (Å²) in [5.41, 5.74) is 0.116. The zero-order valence-electron chi connectivity index (χ0n) is 12.8. The van der Waals surface area contributed by atoms with Crippen LogP contribution in [0.4, 0.5) is 0 Å². The monoisotopic (exact) mass is 311 g/mol. The van der Waals surface area contributed by atoms with Crippen molar-refractivity contribution in [3.8, 4) is 0 Å². The Morgan fingerprint density at radius 1 is 1.50 bits per heavy atom. The normalized spacial score (nSPS) is 17.6. The Morgan fingerprint density at radius 2 is 2.27 bits per heavy atom. The number of amides is 1. The number of aromatic carboxylic acids is 1. The standard InChI is InChI=1S/C15H21NO6/c1-10-13(15(18)19)6-12(22-10)7-16(2)14(17)9-20-8-11-4-3-5-21-11/h6,11H,3-5,7-9H2,1-2H3,(H,18,19)/t11-/m1/s1. The first-order chi connectivity index (χ1) is 10.5. The molecule has 0 aromatic carbocycles. The summed E-state index contributed by atoms with van der Waals surface area (Å²) < 4.78 is 16.1. The van der Waals surface area contributed by atoms with Crippen LogP contribution in [-0.4, -0.2) is 54.9 Å². The summed E-state index contributed by atoms with van der Waals surface area (Å²) in [7, 11) is 1.62. The summed E-state index contributed by atoms with van der Waals surface area (Å²) in [4.78, 5) is 24.3. The van der Waals surface area contributed by atoms with E-state index >= 15 is 0 Å². The number of carboxylic acids is 1. The molecule has 1 atom stereocenters. The van der Waals surface area contributed by atoms with E-state index in [9.17, 15) is 9.59 Å². The fourth-order valence-corrected chi connectivity index (χ4v) is 2.32. The molecule has 0 unspecified atom stereocenters. The van der Waals surface area contributed by atoms with Crippen molar-refractivity contribution in [1.82, 2.24) is 4.90 Å². The molecule has 122 valence electrons. The number of hydrogen-bond acceptors (Lipinski definition) is 5. The van der Waals surface area contributed by atoms with Crippen LogP contribution in [-0.2, 0) is 20.8 Å². The van der Waals surface area contributed by atoms with Crippen molar-refractivity contribution in [3.05, 3.63) is 23.2 Å². The minimum Gasteiger partial charge on any atom is -0.478 e. The van der Waals surface area contributed by atoms with Crippen molar-refractivity contribution in [1.29, 1.82) is 0 Å². The second kappa shape index (κ2) is 7.42. The highest BCUT2D eigenvalue weighted by atomic mass is 16.5. The molecular formula is C15H21NO6. The van der Waals surface area contributed by atoms with Crippen LogP contribution >= 0.6 is 0 Å². The molecule has 0 bridgehead atoms. The van der Waals surface area contributed by atoms with E-state index in [1.807, 2.05) is 0 Å². The largest absolute Gasteiger partial charge is 0.478 e. The second-order valence-corrected chi connectivity index (χ2v) is 5.39. The average molecular weight is 311 g/mol. The quantitative estimate of drug-likeness (QED) is 0.819. The molecule has 0 aliphatic carbocycles. The van der Waals surface area contributed by atoms with Gasteiger partial charge in [-0.2, -0.15) is 0 Å².